The van der Waals surface area contributed by atoms with E-state index in [1.165, 1.54) is 12.1 Å². The molecule has 0 fully saturated rings. The summed E-state index contributed by atoms with van der Waals surface area (Å²) in [5.74, 6) is 0. The average molecular weight is 410 g/mol. The zero-order valence-electron chi connectivity index (χ0n) is 10.6. The van der Waals surface area contributed by atoms with E-state index in [1.54, 1.807) is 18.2 Å². The Morgan fingerprint density at radius 2 is 1.81 bits per heavy atom. The van der Waals surface area contributed by atoms with Crippen LogP contribution in [0.15, 0.2) is 45.8 Å². The molecule has 4 nitrogen and oxygen atoms in total. The number of halogens is 3. The molecule has 21 heavy (non-hydrogen) atoms. The van der Waals surface area contributed by atoms with Crippen LogP contribution in [0.5, 0.6) is 0 Å². The standard InChI is InChI=1S/C13H11BrCl2N2O2S/c14-10-6-9(21(17,19)20)2-4-13(10)18-7-8-1-3-11(15)12(16)5-8/h1-6,18H,7H2,(H2,17,19,20). The second-order valence-corrected chi connectivity index (χ2v) is 7.52. The maximum atomic E-state index is 11.3. The molecular formula is C13H11BrCl2N2O2S. The highest BCUT2D eigenvalue weighted by molar-refractivity contribution is 9.10. The lowest BCUT2D eigenvalue weighted by atomic mass is 10.2. The van der Waals surface area contributed by atoms with Gasteiger partial charge in [-0.3, -0.25) is 0 Å². The van der Waals surface area contributed by atoms with Crippen molar-refractivity contribution in [2.45, 2.75) is 11.4 Å². The Bertz CT molecular complexity index is 782. The lowest BCUT2D eigenvalue weighted by Gasteiger charge is -2.10. The zero-order valence-corrected chi connectivity index (χ0v) is 14.5. The first-order chi connectivity index (χ1) is 9.77. The summed E-state index contributed by atoms with van der Waals surface area (Å²) in [6.45, 7) is 0.518. The molecule has 0 aliphatic rings. The summed E-state index contributed by atoms with van der Waals surface area (Å²) >= 11 is 15.1. The minimum Gasteiger partial charge on any atom is -0.380 e. The number of benzene rings is 2. The maximum Gasteiger partial charge on any atom is 0.238 e. The van der Waals surface area contributed by atoms with Crippen LogP contribution in [0, 0.1) is 0 Å². The molecule has 2 aromatic carbocycles. The third kappa shape index (κ3) is 4.34. The van der Waals surface area contributed by atoms with Gasteiger partial charge in [0.2, 0.25) is 10.0 Å². The van der Waals surface area contributed by atoms with E-state index in [-0.39, 0.29) is 4.90 Å². The highest BCUT2D eigenvalue weighted by Gasteiger charge is 2.10. The number of anilines is 1. The normalized spacial score (nSPS) is 11.4. The summed E-state index contributed by atoms with van der Waals surface area (Å²) in [6, 6.07) is 9.88. The highest BCUT2D eigenvalue weighted by atomic mass is 79.9. The number of hydrogen-bond donors (Lipinski definition) is 2. The van der Waals surface area contributed by atoms with Crippen LogP contribution in [0.4, 0.5) is 5.69 Å². The fourth-order valence-electron chi connectivity index (χ4n) is 1.66. The molecule has 0 unspecified atom stereocenters. The molecule has 2 aromatic rings. The van der Waals surface area contributed by atoms with E-state index in [9.17, 15) is 8.42 Å². The number of sulfonamides is 1. The monoisotopic (exact) mass is 408 g/mol. The fourth-order valence-corrected chi connectivity index (χ4v) is 3.19. The van der Waals surface area contributed by atoms with Gasteiger partial charge in [0, 0.05) is 16.7 Å². The maximum absolute atomic E-state index is 11.3. The van der Waals surface area contributed by atoms with Crippen LogP contribution >= 0.6 is 39.1 Å². The van der Waals surface area contributed by atoms with Crippen molar-refractivity contribution in [3.8, 4) is 0 Å². The van der Waals surface area contributed by atoms with Crippen molar-refractivity contribution in [3.63, 3.8) is 0 Å². The van der Waals surface area contributed by atoms with Crippen molar-refractivity contribution in [2.75, 3.05) is 5.32 Å². The lowest BCUT2D eigenvalue weighted by molar-refractivity contribution is 0.598. The Kier molecular flexibility index (Phi) is 5.16. The number of primary sulfonamides is 1. The molecule has 0 aliphatic carbocycles. The summed E-state index contributed by atoms with van der Waals surface area (Å²) in [5, 5.41) is 9.23. The van der Waals surface area contributed by atoms with Crippen LogP contribution in [0.3, 0.4) is 0 Å². The molecule has 0 saturated carbocycles. The van der Waals surface area contributed by atoms with Crippen LogP contribution in [-0.2, 0) is 16.6 Å². The Morgan fingerprint density at radius 1 is 1.10 bits per heavy atom. The molecule has 8 heteroatoms. The molecule has 3 N–H and O–H groups in total. The largest absolute Gasteiger partial charge is 0.380 e. The molecule has 0 heterocycles. The van der Waals surface area contributed by atoms with Gasteiger partial charge < -0.3 is 5.32 Å². The van der Waals surface area contributed by atoms with Gasteiger partial charge in [0.05, 0.1) is 14.9 Å². The van der Waals surface area contributed by atoms with Gasteiger partial charge in [-0.25, -0.2) is 13.6 Å². The van der Waals surface area contributed by atoms with Gasteiger partial charge in [-0.15, -0.1) is 0 Å². The summed E-state index contributed by atoms with van der Waals surface area (Å²) in [6.07, 6.45) is 0. The smallest absolute Gasteiger partial charge is 0.238 e. The van der Waals surface area contributed by atoms with E-state index in [1.807, 2.05) is 6.07 Å². The first-order valence-corrected chi connectivity index (χ1v) is 8.87. The van der Waals surface area contributed by atoms with E-state index in [0.29, 0.717) is 21.1 Å². The minimum absolute atomic E-state index is 0.0504. The minimum atomic E-state index is -3.71. The van der Waals surface area contributed by atoms with Crippen molar-refractivity contribution in [1.82, 2.24) is 0 Å². The van der Waals surface area contributed by atoms with Crippen molar-refractivity contribution < 1.29 is 8.42 Å². The second-order valence-electron chi connectivity index (χ2n) is 4.29. The van der Waals surface area contributed by atoms with Gasteiger partial charge >= 0.3 is 0 Å². The summed E-state index contributed by atoms with van der Waals surface area (Å²) in [7, 11) is -3.71. The van der Waals surface area contributed by atoms with E-state index >= 15 is 0 Å². The quantitative estimate of drug-likeness (QED) is 0.800. The SMILES string of the molecule is NS(=O)(=O)c1ccc(NCc2ccc(Cl)c(Cl)c2)c(Br)c1. The van der Waals surface area contributed by atoms with Crippen LogP contribution in [0.2, 0.25) is 10.0 Å². The first kappa shape index (κ1) is 16.6. The molecule has 0 aliphatic heterocycles. The van der Waals surface area contributed by atoms with Crippen LogP contribution < -0.4 is 10.5 Å². The Hall–Kier alpha value is -0.790. The summed E-state index contributed by atoms with van der Waals surface area (Å²) < 4.78 is 23.1. The van der Waals surface area contributed by atoms with Gasteiger partial charge in [-0.1, -0.05) is 29.3 Å². The topological polar surface area (TPSA) is 72.2 Å². The van der Waals surface area contributed by atoms with Crippen molar-refractivity contribution >= 4 is 54.8 Å². The number of nitrogens with two attached hydrogens (primary N) is 1. The molecule has 0 spiro atoms. The van der Waals surface area contributed by atoms with Gasteiger partial charge in [-0.05, 0) is 51.8 Å². The van der Waals surface area contributed by atoms with Crippen LogP contribution in [0.1, 0.15) is 5.56 Å². The average Bonchev–Trinajstić information content (AvgIpc) is 2.40. The van der Waals surface area contributed by atoms with Crippen molar-refractivity contribution in [3.05, 3.63) is 56.5 Å². The van der Waals surface area contributed by atoms with Gasteiger partial charge in [0.15, 0.2) is 0 Å². The zero-order chi connectivity index (χ0) is 15.6. The Labute approximate surface area is 141 Å². The molecule has 0 saturated heterocycles. The van der Waals surface area contributed by atoms with Crippen LogP contribution in [0.25, 0.3) is 0 Å². The second kappa shape index (κ2) is 6.54. The molecule has 112 valence electrons. The molecule has 0 atom stereocenters. The predicted octanol–water partition coefficient (Wildman–Crippen LogP) is 4.02. The number of hydrogen-bond acceptors (Lipinski definition) is 3. The Balaban J connectivity index is 2.15. The van der Waals surface area contributed by atoms with Crippen LogP contribution in [-0.4, -0.2) is 8.42 Å². The molecule has 0 aromatic heterocycles. The third-order valence-electron chi connectivity index (χ3n) is 2.74. The van der Waals surface area contributed by atoms with E-state index < -0.39 is 10.0 Å². The van der Waals surface area contributed by atoms with E-state index in [0.717, 1.165) is 11.3 Å². The molecule has 0 bridgehead atoms. The molecular weight excluding hydrogens is 399 g/mol. The third-order valence-corrected chi connectivity index (χ3v) is 5.04. The molecule has 2 rings (SSSR count). The van der Waals surface area contributed by atoms with Gasteiger partial charge in [0.25, 0.3) is 0 Å². The molecule has 0 amide bonds. The summed E-state index contributed by atoms with van der Waals surface area (Å²) in [5.41, 5.74) is 1.69. The molecule has 0 radical (unpaired) electrons. The summed E-state index contributed by atoms with van der Waals surface area (Å²) in [4.78, 5) is 0.0504. The lowest BCUT2D eigenvalue weighted by Crippen LogP contribution is -2.12. The highest BCUT2D eigenvalue weighted by Crippen LogP contribution is 2.27. The van der Waals surface area contributed by atoms with E-state index in [4.69, 9.17) is 28.3 Å². The van der Waals surface area contributed by atoms with Gasteiger partial charge in [-0.2, -0.15) is 0 Å². The Morgan fingerprint density at radius 3 is 2.38 bits per heavy atom. The van der Waals surface area contributed by atoms with Crippen molar-refractivity contribution in [2.24, 2.45) is 5.14 Å². The number of nitrogens with one attached hydrogen (secondary N) is 1. The van der Waals surface area contributed by atoms with E-state index in [2.05, 4.69) is 21.2 Å². The first-order valence-electron chi connectivity index (χ1n) is 5.77. The predicted molar refractivity (Wildman–Crippen MR) is 89.3 cm³/mol. The fraction of sp³-hybridized carbons (Fsp3) is 0.0769. The van der Waals surface area contributed by atoms with Crippen molar-refractivity contribution in [1.29, 1.82) is 0 Å². The van der Waals surface area contributed by atoms with Gasteiger partial charge in [0.1, 0.15) is 0 Å². The number of rotatable bonds is 4.